The van der Waals surface area contributed by atoms with Crippen molar-refractivity contribution in [2.24, 2.45) is 0 Å². The molecule has 31 heavy (non-hydrogen) atoms. The van der Waals surface area contributed by atoms with Gasteiger partial charge in [-0.3, -0.25) is 9.59 Å². The molecule has 0 unspecified atom stereocenters. The van der Waals surface area contributed by atoms with Crippen molar-refractivity contribution in [3.63, 3.8) is 0 Å². The van der Waals surface area contributed by atoms with E-state index in [1.165, 1.54) is 4.90 Å². The number of benzene rings is 3. The SMILES string of the molecule is COc1ccc(NC2=C(c3ccccc3)C(=O)N(c3ccc(C(C)C)cc3)C2=O)cc1. The summed E-state index contributed by atoms with van der Waals surface area (Å²) in [6.07, 6.45) is 0. The smallest absolute Gasteiger partial charge is 0.282 e. The lowest BCUT2D eigenvalue weighted by Crippen LogP contribution is -2.32. The van der Waals surface area contributed by atoms with E-state index in [2.05, 4.69) is 19.2 Å². The topological polar surface area (TPSA) is 58.6 Å². The van der Waals surface area contributed by atoms with E-state index >= 15 is 0 Å². The van der Waals surface area contributed by atoms with E-state index in [9.17, 15) is 9.59 Å². The number of anilines is 2. The van der Waals surface area contributed by atoms with Gasteiger partial charge in [-0.2, -0.15) is 0 Å². The van der Waals surface area contributed by atoms with Gasteiger partial charge < -0.3 is 10.1 Å². The molecule has 0 saturated heterocycles. The summed E-state index contributed by atoms with van der Waals surface area (Å²) in [5.41, 5.74) is 3.71. The standard InChI is InChI=1S/C26H24N2O3/c1-17(2)18-9-13-21(14-10-18)28-25(29)23(19-7-5-4-6-8-19)24(26(28)30)27-20-11-15-22(31-3)16-12-20/h4-17,27H,1-3H3. The lowest BCUT2D eigenvalue weighted by Gasteiger charge is -2.16. The fraction of sp³-hybridized carbons (Fsp3) is 0.154. The Morgan fingerprint density at radius 3 is 2.03 bits per heavy atom. The van der Waals surface area contributed by atoms with Crippen LogP contribution >= 0.6 is 0 Å². The maximum atomic E-state index is 13.4. The van der Waals surface area contributed by atoms with Crippen LogP contribution in [0.25, 0.3) is 5.57 Å². The third kappa shape index (κ3) is 3.94. The van der Waals surface area contributed by atoms with Crippen molar-refractivity contribution in [2.45, 2.75) is 19.8 Å². The lowest BCUT2D eigenvalue weighted by atomic mass is 10.0. The molecule has 156 valence electrons. The van der Waals surface area contributed by atoms with Gasteiger partial charge in [0.2, 0.25) is 0 Å². The molecule has 5 nitrogen and oxygen atoms in total. The van der Waals surface area contributed by atoms with Gasteiger partial charge in [-0.05, 0) is 53.4 Å². The summed E-state index contributed by atoms with van der Waals surface area (Å²) in [5.74, 6) is 0.356. The number of ether oxygens (including phenoxy) is 1. The Labute approximate surface area is 182 Å². The van der Waals surface area contributed by atoms with Crippen LogP contribution in [0.1, 0.15) is 30.9 Å². The quantitative estimate of drug-likeness (QED) is 0.564. The number of hydrogen-bond donors (Lipinski definition) is 1. The molecule has 4 rings (SSSR count). The van der Waals surface area contributed by atoms with Crippen LogP contribution in [0.15, 0.2) is 84.6 Å². The number of imide groups is 1. The Bertz CT molecular complexity index is 1130. The second-order valence-corrected chi connectivity index (χ2v) is 7.66. The minimum absolute atomic E-state index is 0.259. The van der Waals surface area contributed by atoms with Crippen LogP contribution in [0.2, 0.25) is 0 Å². The van der Waals surface area contributed by atoms with Crippen LogP contribution < -0.4 is 15.0 Å². The van der Waals surface area contributed by atoms with Crippen molar-refractivity contribution in [2.75, 3.05) is 17.3 Å². The summed E-state index contributed by atoms with van der Waals surface area (Å²) in [6, 6.07) is 24.0. The molecule has 0 spiro atoms. The first-order valence-corrected chi connectivity index (χ1v) is 10.2. The Kier molecular flexibility index (Phi) is 5.58. The summed E-state index contributed by atoms with van der Waals surface area (Å²) < 4.78 is 5.20. The van der Waals surface area contributed by atoms with Crippen LogP contribution in [0, 0.1) is 0 Å². The molecular formula is C26H24N2O3. The molecule has 1 N–H and O–H groups in total. The van der Waals surface area contributed by atoms with Crippen molar-refractivity contribution in [3.05, 3.63) is 95.7 Å². The first kappa shape index (κ1) is 20.4. The van der Waals surface area contributed by atoms with Gasteiger partial charge >= 0.3 is 0 Å². The number of amides is 2. The highest BCUT2D eigenvalue weighted by Crippen LogP contribution is 2.34. The maximum absolute atomic E-state index is 13.4. The Morgan fingerprint density at radius 2 is 1.45 bits per heavy atom. The van der Waals surface area contributed by atoms with E-state index in [1.54, 1.807) is 19.2 Å². The van der Waals surface area contributed by atoms with Crippen molar-refractivity contribution in [1.29, 1.82) is 0 Å². The van der Waals surface area contributed by atoms with Gasteiger partial charge in [0, 0.05) is 5.69 Å². The third-order valence-corrected chi connectivity index (χ3v) is 5.32. The normalized spacial score (nSPS) is 13.9. The van der Waals surface area contributed by atoms with Gasteiger partial charge in [-0.1, -0.05) is 56.3 Å². The van der Waals surface area contributed by atoms with Crippen LogP contribution in [0.5, 0.6) is 5.75 Å². The Balaban J connectivity index is 1.74. The zero-order valence-corrected chi connectivity index (χ0v) is 17.8. The summed E-state index contributed by atoms with van der Waals surface area (Å²) in [7, 11) is 1.60. The molecule has 0 saturated carbocycles. The zero-order valence-electron chi connectivity index (χ0n) is 17.8. The van der Waals surface area contributed by atoms with Crippen LogP contribution in [0.4, 0.5) is 11.4 Å². The van der Waals surface area contributed by atoms with Crippen molar-refractivity contribution in [3.8, 4) is 5.75 Å². The van der Waals surface area contributed by atoms with E-state index in [4.69, 9.17) is 4.74 Å². The van der Waals surface area contributed by atoms with E-state index in [-0.39, 0.29) is 17.5 Å². The summed E-state index contributed by atoms with van der Waals surface area (Å²) in [5, 5.41) is 3.16. The van der Waals surface area contributed by atoms with Crippen molar-refractivity contribution >= 4 is 28.8 Å². The predicted octanol–water partition coefficient (Wildman–Crippen LogP) is 5.22. The molecule has 0 aliphatic carbocycles. The Morgan fingerprint density at radius 1 is 0.806 bits per heavy atom. The van der Waals surface area contributed by atoms with Gasteiger partial charge in [-0.25, -0.2) is 4.90 Å². The molecule has 1 aliphatic heterocycles. The number of rotatable bonds is 6. The minimum atomic E-state index is -0.378. The second-order valence-electron chi connectivity index (χ2n) is 7.66. The molecule has 5 heteroatoms. The second kappa shape index (κ2) is 8.48. The fourth-order valence-corrected chi connectivity index (χ4v) is 3.58. The van der Waals surface area contributed by atoms with E-state index in [1.807, 2.05) is 66.7 Å². The van der Waals surface area contributed by atoms with Crippen molar-refractivity contribution in [1.82, 2.24) is 0 Å². The molecule has 0 atom stereocenters. The summed E-state index contributed by atoms with van der Waals surface area (Å²) in [6.45, 7) is 4.21. The van der Waals surface area contributed by atoms with Crippen LogP contribution in [-0.4, -0.2) is 18.9 Å². The largest absolute Gasteiger partial charge is 0.497 e. The summed E-state index contributed by atoms with van der Waals surface area (Å²) in [4.78, 5) is 28.1. The van der Waals surface area contributed by atoms with Gasteiger partial charge in [0.25, 0.3) is 11.8 Å². The molecule has 3 aromatic carbocycles. The molecule has 0 radical (unpaired) electrons. The number of carbonyl (C=O) groups is 2. The Hall–Kier alpha value is -3.86. The molecule has 3 aromatic rings. The molecule has 0 fully saturated rings. The molecule has 1 aliphatic rings. The minimum Gasteiger partial charge on any atom is -0.497 e. The van der Waals surface area contributed by atoms with Gasteiger partial charge in [0.1, 0.15) is 11.4 Å². The number of hydrogen-bond acceptors (Lipinski definition) is 4. The van der Waals surface area contributed by atoms with Gasteiger partial charge in [0.15, 0.2) is 0 Å². The van der Waals surface area contributed by atoms with E-state index < -0.39 is 0 Å². The van der Waals surface area contributed by atoms with E-state index in [0.717, 1.165) is 5.56 Å². The van der Waals surface area contributed by atoms with Gasteiger partial charge in [0.05, 0.1) is 18.4 Å². The highest BCUT2D eigenvalue weighted by Gasteiger charge is 2.40. The molecule has 1 heterocycles. The monoisotopic (exact) mass is 412 g/mol. The molecule has 2 amide bonds. The number of nitrogens with zero attached hydrogens (tertiary/aromatic N) is 1. The van der Waals surface area contributed by atoms with Gasteiger partial charge in [-0.15, -0.1) is 0 Å². The zero-order chi connectivity index (χ0) is 22.0. The average Bonchev–Trinajstić information content (AvgIpc) is 3.04. The fourth-order valence-electron chi connectivity index (χ4n) is 3.58. The highest BCUT2D eigenvalue weighted by atomic mass is 16.5. The summed E-state index contributed by atoms with van der Waals surface area (Å²) >= 11 is 0. The first-order chi connectivity index (χ1) is 15.0. The third-order valence-electron chi connectivity index (χ3n) is 5.32. The highest BCUT2D eigenvalue weighted by molar-refractivity contribution is 6.46. The maximum Gasteiger partial charge on any atom is 0.282 e. The predicted molar refractivity (Wildman–Crippen MR) is 123 cm³/mol. The molecular weight excluding hydrogens is 388 g/mol. The first-order valence-electron chi connectivity index (χ1n) is 10.2. The number of carbonyl (C=O) groups excluding carboxylic acids is 2. The number of nitrogens with one attached hydrogen (secondary N) is 1. The molecule has 0 bridgehead atoms. The number of methoxy groups -OCH3 is 1. The molecule has 0 aromatic heterocycles. The van der Waals surface area contributed by atoms with Crippen LogP contribution in [-0.2, 0) is 9.59 Å². The van der Waals surface area contributed by atoms with E-state index in [0.29, 0.717) is 34.2 Å². The average molecular weight is 412 g/mol. The van der Waals surface area contributed by atoms with Crippen LogP contribution in [0.3, 0.4) is 0 Å². The lowest BCUT2D eigenvalue weighted by molar-refractivity contribution is -0.120. The van der Waals surface area contributed by atoms with Crippen molar-refractivity contribution < 1.29 is 14.3 Å².